The molecule has 3 fully saturated rings. The van der Waals surface area contributed by atoms with E-state index < -0.39 is 8.07 Å². The quantitative estimate of drug-likeness (QED) is 0.260. The number of hydrogen-bond donors (Lipinski definition) is 0. The van der Waals surface area contributed by atoms with Crippen LogP contribution in [0.15, 0.2) is 0 Å². The van der Waals surface area contributed by atoms with E-state index in [0.29, 0.717) is 0 Å². The molecule has 2 heteroatoms. The van der Waals surface area contributed by atoms with E-state index in [0.717, 1.165) is 64.3 Å². The smallest absolute Gasteiger partial charge is 0.358 e. The van der Waals surface area contributed by atoms with Crippen molar-refractivity contribution in [3.8, 4) is 0 Å². The van der Waals surface area contributed by atoms with E-state index in [9.17, 15) is 0 Å². The van der Waals surface area contributed by atoms with Crippen LogP contribution in [-0.2, 0) is 26.2 Å². The molecule has 0 aromatic heterocycles. The van der Waals surface area contributed by atoms with Gasteiger partial charge < -0.3 is 14.9 Å². The van der Waals surface area contributed by atoms with Crippen molar-refractivity contribution < 1.29 is 26.2 Å². The second kappa shape index (κ2) is 12.0. The minimum atomic E-state index is -1.22. The average molecular weight is 512 g/mol. The normalized spacial score (nSPS) is 44.2. The summed E-state index contributed by atoms with van der Waals surface area (Å²) in [5.41, 5.74) is 2.15. The van der Waals surface area contributed by atoms with Crippen LogP contribution in [0.1, 0.15) is 87.0 Å². The van der Waals surface area contributed by atoms with Gasteiger partial charge in [0.2, 0.25) is 0 Å². The molecule has 0 aromatic carbocycles. The standard InChI is InChI=1S/C26H50Si.2CH3.Zr/c1-16(2)24-13-10-17(3)14-25(24)22-11-12-23(15-22)27(8,9)26-20(6)18(4)19(5)21(26)7;;;/h16-26H,10-15H2,1-9H3;2*1H3;/q;2*-1;+4/t17-,18?,19?,20?,21?,22?,23?,24+,25-,26?;;;/m1.../s1. The summed E-state index contributed by atoms with van der Waals surface area (Å²) >= 11 is 0. The molecule has 0 spiro atoms. The zero-order chi connectivity index (χ0) is 20.1. The predicted molar refractivity (Wildman–Crippen MR) is 137 cm³/mol. The van der Waals surface area contributed by atoms with Gasteiger partial charge in [-0.25, -0.2) is 0 Å². The molecule has 0 N–H and O–H groups in total. The fourth-order valence-electron chi connectivity index (χ4n) is 8.62. The molecule has 174 valence electrons. The monoisotopic (exact) mass is 510 g/mol. The van der Waals surface area contributed by atoms with E-state index in [1.165, 1.54) is 19.3 Å². The van der Waals surface area contributed by atoms with Crippen molar-refractivity contribution >= 4 is 8.07 Å². The summed E-state index contributed by atoms with van der Waals surface area (Å²) < 4.78 is 0. The molecule has 0 heterocycles. The van der Waals surface area contributed by atoms with Crippen LogP contribution >= 0.6 is 0 Å². The van der Waals surface area contributed by atoms with Crippen molar-refractivity contribution in [2.45, 2.75) is 111 Å². The van der Waals surface area contributed by atoms with Crippen LogP contribution < -0.4 is 0 Å². The first-order valence-electron chi connectivity index (χ1n) is 12.6. The van der Waals surface area contributed by atoms with Crippen LogP contribution in [0.3, 0.4) is 0 Å². The first kappa shape index (κ1) is 31.1. The van der Waals surface area contributed by atoms with Crippen LogP contribution in [-0.4, -0.2) is 8.07 Å². The second-order valence-electron chi connectivity index (χ2n) is 12.5. The van der Waals surface area contributed by atoms with E-state index in [4.69, 9.17) is 0 Å². The Bertz CT molecular complexity index is 487. The minimum Gasteiger partial charge on any atom is -0.358 e. The Morgan fingerprint density at radius 3 is 1.73 bits per heavy atom. The van der Waals surface area contributed by atoms with Gasteiger partial charge in [0.25, 0.3) is 0 Å². The molecule has 6 unspecified atom stereocenters. The van der Waals surface area contributed by atoms with Crippen molar-refractivity contribution in [3.63, 3.8) is 0 Å². The van der Waals surface area contributed by atoms with Crippen LogP contribution in [0.4, 0.5) is 0 Å². The molecular formula is C28H56SiZr+2. The van der Waals surface area contributed by atoms with E-state index in [1.807, 2.05) is 0 Å². The molecule has 3 rings (SSSR count). The molecular weight excluding hydrogens is 456 g/mol. The van der Waals surface area contributed by atoms with E-state index in [-0.39, 0.29) is 41.1 Å². The van der Waals surface area contributed by atoms with E-state index >= 15 is 0 Å². The Kier molecular flexibility index (Phi) is 12.4. The van der Waals surface area contributed by atoms with Gasteiger partial charge in [-0.2, -0.15) is 0 Å². The molecule has 3 aliphatic carbocycles. The van der Waals surface area contributed by atoms with Crippen molar-refractivity contribution in [1.82, 2.24) is 0 Å². The maximum absolute atomic E-state index is 2.80. The molecule has 30 heavy (non-hydrogen) atoms. The maximum atomic E-state index is 2.80. The molecule has 3 aliphatic rings. The van der Waals surface area contributed by atoms with Gasteiger partial charge in [-0.1, -0.05) is 80.8 Å². The zero-order valence-corrected chi connectivity index (χ0v) is 26.1. The summed E-state index contributed by atoms with van der Waals surface area (Å²) in [6.45, 7) is 23.4. The van der Waals surface area contributed by atoms with Crippen LogP contribution in [0.5, 0.6) is 0 Å². The van der Waals surface area contributed by atoms with Gasteiger partial charge in [0.1, 0.15) is 0 Å². The molecule has 0 amide bonds. The summed E-state index contributed by atoms with van der Waals surface area (Å²) in [4.78, 5) is 0. The third kappa shape index (κ3) is 5.77. The Morgan fingerprint density at radius 2 is 1.23 bits per heavy atom. The fourth-order valence-corrected chi connectivity index (χ4v) is 14.3. The Labute approximate surface area is 212 Å². The van der Waals surface area contributed by atoms with Crippen molar-refractivity contribution in [2.24, 2.45) is 53.3 Å². The molecule has 0 bridgehead atoms. The van der Waals surface area contributed by atoms with Gasteiger partial charge in [-0.15, -0.1) is 0 Å². The molecule has 0 radical (unpaired) electrons. The number of rotatable bonds is 4. The fraction of sp³-hybridized carbons (Fsp3) is 0.929. The summed E-state index contributed by atoms with van der Waals surface area (Å²) in [5.74, 6) is 8.74. The average Bonchev–Trinajstić information content (AvgIpc) is 3.16. The summed E-state index contributed by atoms with van der Waals surface area (Å²) in [6, 6.07) is 0. The molecule has 0 nitrogen and oxygen atoms in total. The predicted octanol–water partition coefficient (Wildman–Crippen LogP) is 9.40. The Hall–Kier alpha value is 1.10. The molecule has 0 aromatic rings. The first-order chi connectivity index (χ1) is 12.6. The topological polar surface area (TPSA) is 0 Å². The summed E-state index contributed by atoms with van der Waals surface area (Å²) in [7, 11) is -1.22. The Balaban J connectivity index is 0.00000280. The van der Waals surface area contributed by atoms with Gasteiger partial charge in [0, 0.05) is 0 Å². The Morgan fingerprint density at radius 1 is 0.700 bits per heavy atom. The largest absolute Gasteiger partial charge is 4.00 e. The first-order valence-corrected chi connectivity index (χ1v) is 15.7. The summed E-state index contributed by atoms with van der Waals surface area (Å²) in [6.07, 6.45) is 9.26. The van der Waals surface area contributed by atoms with Crippen molar-refractivity contribution in [1.29, 1.82) is 0 Å². The SMILES string of the molecule is CC1C(C)C(C)C([Si](C)(C)C2CCC([C@H]3C[C@H](C)CC[C@H]3C(C)C)C2)C1C.[CH3-].[CH3-].[Zr+4]. The third-order valence-electron chi connectivity index (χ3n) is 10.7. The van der Waals surface area contributed by atoms with E-state index in [1.54, 1.807) is 19.3 Å². The molecule has 9 atom stereocenters. The maximum Gasteiger partial charge on any atom is 4.00 e. The third-order valence-corrected chi connectivity index (χ3v) is 16.1. The van der Waals surface area contributed by atoms with E-state index in [2.05, 4.69) is 61.6 Å². The van der Waals surface area contributed by atoms with Crippen LogP contribution in [0, 0.1) is 68.1 Å². The van der Waals surface area contributed by atoms with Crippen LogP contribution in [0.25, 0.3) is 0 Å². The van der Waals surface area contributed by atoms with Crippen molar-refractivity contribution in [3.05, 3.63) is 14.9 Å². The molecule has 3 saturated carbocycles. The van der Waals surface area contributed by atoms with Crippen LogP contribution in [0.2, 0.25) is 24.2 Å². The van der Waals surface area contributed by atoms with Crippen molar-refractivity contribution in [2.75, 3.05) is 0 Å². The minimum absolute atomic E-state index is 0. The van der Waals surface area contributed by atoms with Gasteiger partial charge in [-0.3, -0.25) is 0 Å². The molecule has 0 saturated heterocycles. The zero-order valence-electron chi connectivity index (χ0n) is 22.6. The van der Waals surface area contributed by atoms with Gasteiger partial charge in [0.15, 0.2) is 0 Å². The second-order valence-corrected chi connectivity index (χ2v) is 17.7. The number of hydrogen-bond acceptors (Lipinski definition) is 0. The van der Waals surface area contributed by atoms with Gasteiger partial charge in [0.05, 0.1) is 8.07 Å². The van der Waals surface area contributed by atoms with Gasteiger partial charge >= 0.3 is 26.2 Å². The summed E-state index contributed by atoms with van der Waals surface area (Å²) in [5, 5.41) is 0. The van der Waals surface area contributed by atoms with Gasteiger partial charge in [-0.05, 0) is 83.6 Å². The molecule has 0 aliphatic heterocycles.